The average Bonchev–Trinajstić information content (AvgIpc) is 2.37. The van der Waals surface area contributed by atoms with Crippen LogP contribution in [0.2, 0.25) is 0 Å². The van der Waals surface area contributed by atoms with Crippen molar-refractivity contribution in [3.8, 4) is 5.75 Å². The highest BCUT2D eigenvalue weighted by atomic mass is 16.5. The Labute approximate surface area is 123 Å². The molecule has 0 aliphatic carbocycles. The number of nitrogens with zero attached hydrogens (tertiary/aromatic N) is 1. The SMILES string of the molecule is CC1CN(C(C)c2ccc(OC(C)C)cc2)CC(C)N1. The van der Waals surface area contributed by atoms with Crippen molar-refractivity contribution in [2.45, 2.75) is 58.8 Å². The molecule has 0 spiro atoms. The van der Waals surface area contributed by atoms with Crippen LogP contribution in [0.5, 0.6) is 5.75 Å². The third-order valence-corrected chi connectivity index (χ3v) is 3.87. The van der Waals surface area contributed by atoms with E-state index < -0.39 is 0 Å². The molecule has 20 heavy (non-hydrogen) atoms. The lowest BCUT2D eigenvalue weighted by molar-refractivity contribution is 0.131. The Morgan fingerprint density at radius 2 is 1.60 bits per heavy atom. The molecule has 3 heteroatoms. The van der Waals surface area contributed by atoms with Gasteiger partial charge in [0.1, 0.15) is 5.75 Å². The van der Waals surface area contributed by atoms with Gasteiger partial charge in [-0.2, -0.15) is 0 Å². The fraction of sp³-hybridized carbons (Fsp3) is 0.647. The van der Waals surface area contributed by atoms with Crippen molar-refractivity contribution >= 4 is 0 Å². The molecule has 0 radical (unpaired) electrons. The summed E-state index contributed by atoms with van der Waals surface area (Å²) in [5.74, 6) is 0.956. The lowest BCUT2D eigenvalue weighted by atomic mass is 10.0. The smallest absolute Gasteiger partial charge is 0.119 e. The van der Waals surface area contributed by atoms with Crippen molar-refractivity contribution in [1.82, 2.24) is 10.2 Å². The molecule has 112 valence electrons. The van der Waals surface area contributed by atoms with Crippen molar-refractivity contribution in [2.24, 2.45) is 0 Å². The molecule has 1 N–H and O–H groups in total. The summed E-state index contributed by atoms with van der Waals surface area (Å²) in [6.45, 7) is 13.1. The molecular formula is C17H28N2O. The van der Waals surface area contributed by atoms with E-state index in [4.69, 9.17) is 4.74 Å². The van der Waals surface area contributed by atoms with Crippen LogP contribution in [-0.4, -0.2) is 36.2 Å². The molecule has 1 heterocycles. The summed E-state index contributed by atoms with van der Waals surface area (Å²) in [5.41, 5.74) is 1.36. The van der Waals surface area contributed by atoms with E-state index in [2.05, 4.69) is 69.1 Å². The molecule has 2 rings (SSSR count). The zero-order valence-corrected chi connectivity index (χ0v) is 13.4. The first-order valence-corrected chi connectivity index (χ1v) is 7.72. The predicted octanol–water partition coefficient (Wildman–Crippen LogP) is 3.22. The second-order valence-electron chi connectivity index (χ2n) is 6.33. The number of nitrogens with one attached hydrogen (secondary N) is 1. The van der Waals surface area contributed by atoms with E-state index in [9.17, 15) is 0 Å². The monoisotopic (exact) mass is 276 g/mol. The van der Waals surface area contributed by atoms with E-state index in [0.717, 1.165) is 18.8 Å². The summed E-state index contributed by atoms with van der Waals surface area (Å²) in [4.78, 5) is 2.56. The first-order valence-electron chi connectivity index (χ1n) is 7.72. The van der Waals surface area contributed by atoms with Gasteiger partial charge in [-0.25, -0.2) is 0 Å². The van der Waals surface area contributed by atoms with E-state index in [-0.39, 0.29) is 6.10 Å². The summed E-state index contributed by atoms with van der Waals surface area (Å²) in [7, 11) is 0. The van der Waals surface area contributed by atoms with Crippen LogP contribution in [0.15, 0.2) is 24.3 Å². The van der Waals surface area contributed by atoms with E-state index in [1.54, 1.807) is 0 Å². The van der Waals surface area contributed by atoms with Crippen LogP contribution in [0.4, 0.5) is 0 Å². The number of hydrogen-bond acceptors (Lipinski definition) is 3. The van der Waals surface area contributed by atoms with Gasteiger partial charge in [0.15, 0.2) is 0 Å². The highest BCUT2D eigenvalue weighted by Crippen LogP contribution is 2.24. The molecular weight excluding hydrogens is 248 g/mol. The molecule has 0 bridgehead atoms. The lowest BCUT2D eigenvalue weighted by Crippen LogP contribution is -2.54. The number of ether oxygens (including phenoxy) is 1. The summed E-state index contributed by atoms with van der Waals surface area (Å²) in [6, 6.07) is 10.1. The zero-order chi connectivity index (χ0) is 14.7. The van der Waals surface area contributed by atoms with Gasteiger partial charge in [-0.1, -0.05) is 12.1 Å². The topological polar surface area (TPSA) is 24.5 Å². The third kappa shape index (κ3) is 3.97. The first kappa shape index (κ1) is 15.3. The van der Waals surface area contributed by atoms with Gasteiger partial charge >= 0.3 is 0 Å². The Balaban J connectivity index is 2.03. The Morgan fingerprint density at radius 1 is 1.05 bits per heavy atom. The van der Waals surface area contributed by atoms with Crippen molar-refractivity contribution < 1.29 is 4.74 Å². The predicted molar refractivity (Wildman–Crippen MR) is 84.3 cm³/mol. The molecule has 3 unspecified atom stereocenters. The quantitative estimate of drug-likeness (QED) is 0.914. The van der Waals surface area contributed by atoms with Gasteiger partial charge < -0.3 is 10.1 Å². The molecule has 1 fully saturated rings. The molecule has 1 aliphatic rings. The fourth-order valence-electron chi connectivity index (χ4n) is 2.99. The molecule has 1 aromatic carbocycles. The molecule has 1 aromatic rings. The van der Waals surface area contributed by atoms with Crippen LogP contribution in [0.25, 0.3) is 0 Å². The van der Waals surface area contributed by atoms with Crippen molar-refractivity contribution in [3.05, 3.63) is 29.8 Å². The minimum absolute atomic E-state index is 0.230. The van der Waals surface area contributed by atoms with Gasteiger partial charge in [0.05, 0.1) is 6.10 Å². The highest BCUT2D eigenvalue weighted by Gasteiger charge is 2.25. The van der Waals surface area contributed by atoms with Gasteiger partial charge in [0, 0.05) is 31.2 Å². The van der Waals surface area contributed by atoms with E-state index in [0.29, 0.717) is 18.1 Å². The maximum absolute atomic E-state index is 5.70. The molecule has 1 aliphatic heterocycles. The maximum Gasteiger partial charge on any atom is 0.119 e. The van der Waals surface area contributed by atoms with E-state index in [1.807, 2.05) is 0 Å². The number of rotatable bonds is 4. The van der Waals surface area contributed by atoms with Gasteiger partial charge in [0.2, 0.25) is 0 Å². The minimum Gasteiger partial charge on any atom is -0.491 e. The first-order chi connectivity index (χ1) is 9.45. The van der Waals surface area contributed by atoms with Crippen LogP contribution in [0, 0.1) is 0 Å². The minimum atomic E-state index is 0.230. The molecule has 3 atom stereocenters. The van der Waals surface area contributed by atoms with Gasteiger partial charge in [-0.15, -0.1) is 0 Å². The van der Waals surface area contributed by atoms with Crippen LogP contribution in [0.3, 0.4) is 0 Å². The van der Waals surface area contributed by atoms with Crippen molar-refractivity contribution in [1.29, 1.82) is 0 Å². The number of piperazine rings is 1. The van der Waals surface area contributed by atoms with Gasteiger partial charge in [-0.05, 0) is 52.3 Å². The van der Waals surface area contributed by atoms with Crippen LogP contribution >= 0.6 is 0 Å². The van der Waals surface area contributed by atoms with Gasteiger partial charge in [-0.3, -0.25) is 4.90 Å². The second-order valence-corrected chi connectivity index (χ2v) is 6.33. The average molecular weight is 276 g/mol. The summed E-state index contributed by atoms with van der Waals surface area (Å²) >= 11 is 0. The largest absolute Gasteiger partial charge is 0.491 e. The van der Waals surface area contributed by atoms with E-state index in [1.165, 1.54) is 5.56 Å². The third-order valence-electron chi connectivity index (χ3n) is 3.87. The van der Waals surface area contributed by atoms with E-state index >= 15 is 0 Å². The zero-order valence-electron chi connectivity index (χ0n) is 13.4. The number of hydrogen-bond donors (Lipinski definition) is 1. The summed E-state index contributed by atoms with van der Waals surface area (Å²) in [6.07, 6.45) is 0.230. The Kier molecular flexibility index (Phi) is 5.06. The molecule has 0 amide bonds. The lowest BCUT2D eigenvalue weighted by Gasteiger charge is -2.39. The molecule has 0 aromatic heterocycles. The van der Waals surface area contributed by atoms with Crippen molar-refractivity contribution in [3.63, 3.8) is 0 Å². The number of benzene rings is 1. The van der Waals surface area contributed by atoms with Gasteiger partial charge in [0.25, 0.3) is 0 Å². The highest BCUT2D eigenvalue weighted by molar-refractivity contribution is 5.29. The normalized spacial score (nSPS) is 25.7. The Morgan fingerprint density at radius 3 is 2.10 bits per heavy atom. The molecule has 0 saturated carbocycles. The van der Waals surface area contributed by atoms with Crippen LogP contribution in [0.1, 0.15) is 46.2 Å². The molecule has 3 nitrogen and oxygen atoms in total. The van der Waals surface area contributed by atoms with Crippen LogP contribution < -0.4 is 10.1 Å². The standard InChI is InChI=1S/C17H28N2O/c1-12(2)20-17-8-6-16(7-9-17)15(5)19-10-13(3)18-14(4)11-19/h6-9,12-15,18H,10-11H2,1-5H3. The Bertz CT molecular complexity index is 406. The second kappa shape index (κ2) is 6.59. The van der Waals surface area contributed by atoms with Crippen LogP contribution in [-0.2, 0) is 0 Å². The Hall–Kier alpha value is -1.06. The maximum atomic E-state index is 5.70. The summed E-state index contributed by atoms with van der Waals surface area (Å²) < 4.78 is 5.70. The fourth-order valence-corrected chi connectivity index (χ4v) is 2.99. The molecule has 1 saturated heterocycles. The summed E-state index contributed by atoms with van der Waals surface area (Å²) in [5, 5.41) is 3.58. The van der Waals surface area contributed by atoms with Crippen molar-refractivity contribution in [2.75, 3.05) is 13.1 Å².